The standard InChI is InChI=1S/C14H19N3O2/c15-13(17-19)11-8-4-5-9-12(11)16-14(18)10-6-2-1-3-7-10/h4-5,8-10,19H,1-3,6-7H2,(H2,15,17)(H,16,18). The summed E-state index contributed by atoms with van der Waals surface area (Å²) in [6.45, 7) is 0. The van der Waals surface area contributed by atoms with Gasteiger partial charge in [0, 0.05) is 11.5 Å². The molecule has 0 aromatic heterocycles. The quantitative estimate of drug-likeness (QED) is 0.337. The van der Waals surface area contributed by atoms with Crippen molar-refractivity contribution >= 4 is 17.4 Å². The molecule has 0 saturated heterocycles. The highest BCUT2D eigenvalue weighted by atomic mass is 16.4. The lowest BCUT2D eigenvalue weighted by atomic mass is 9.88. The Bertz CT molecular complexity index is 479. The van der Waals surface area contributed by atoms with Crippen LogP contribution in [0.5, 0.6) is 0 Å². The topological polar surface area (TPSA) is 87.7 Å². The Balaban J connectivity index is 2.12. The lowest BCUT2D eigenvalue weighted by molar-refractivity contribution is -0.120. The number of amidine groups is 1. The Hall–Kier alpha value is -2.04. The zero-order valence-electron chi connectivity index (χ0n) is 10.8. The number of hydrogen-bond acceptors (Lipinski definition) is 3. The van der Waals surface area contributed by atoms with Gasteiger partial charge in [-0.25, -0.2) is 0 Å². The molecule has 0 bridgehead atoms. The summed E-state index contributed by atoms with van der Waals surface area (Å²) in [4.78, 5) is 12.2. The number of anilines is 1. The van der Waals surface area contributed by atoms with Crippen molar-refractivity contribution in [2.45, 2.75) is 32.1 Å². The van der Waals surface area contributed by atoms with Crippen LogP contribution >= 0.6 is 0 Å². The molecule has 0 aliphatic heterocycles. The molecular formula is C14H19N3O2. The summed E-state index contributed by atoms with van der Waals surface area (Å²) in [5.41, 5.74) is 6.73. The van der Waals surface area contributed by atoms with Gasteiger partial charge in [0.05, 0.1) is 5.69 Å². The number of amides is 1. The first-order valence-electron chi connectivity index (χ1n) is 6.60. The third kappa shape index (κ3) is 3.24. The van der Waals surface area contributed by atoms with Crippen LogP contribution in [0.1, 0.15) is 37.7 Å². The molecule has 5 heteroatoms. The van der Waals surface area contributed by atoms with Crippen LogP contribution in [0.3, 0.4) is 0 Å². The second-order valence-corrected chi connectivity index (χ2v) is 4.86. The van der Waals surface area contributed by atoms with Crippen molar-refractivity contribution in [1.82, 2.24) is 0 Å². The van der Waals surface area contributed by atoms with Crippen molar-refractivity contribution in [1.29, 1.82) is 0 Å². The molecule has 0 radical (unpaired) electrons. The molecule has 0 spiro atoms. The highest BCUT2D eigenvalue weighted by Crippen LogP contribution is 2.25. The fourth-order valence-corrected chi connectivity index (χ4v) is 2.47. The summed E-state index contributed by atoms with van der Waals surface area (Å²) in [5, 5.41) is 14.6. The number of nitrogens with zero attached hydrogens (tertiary/aromatic N) is 1. The number of rotatable bonds is 3. The number of hydrogen-bond donors (Lipinski definition) is 3. The van der Waals surface area contributed by atoms with E-state index in [1.54, 1.807) is 18.2 Å². The zero-order chi connectivity index (χ0) is 13.7. The van der Waals surface area contributed by atoms with Crippen molar-refractivity contribution in [2.24, 2.45) is 16.8 Å². The van der Waals surface area contributed by atoms with E-state index in [9.17, 15) is 4.79 Å². The van der Waals surface area contributed by atoms with Gasteiger partial charge in [-0.05, 0) is 25.0 Å². The highest BCUT2D eigenvalue weighted by molar-refractivity contribution is 6.05. The molecule has 1 aromatic carbocycles. The van der Waals surface area contributed by atoms with E-state index >= 15 is 0 Å². The monoisotopic (exact) mass is 261 g/mol. The molecule has 1 saturated carbocycles. The summed E-state index contributed by atoms with van der Waals surface area (Å²) in [6, 6.07) is 7.06. The van der Waals surface area contributed by atoms with E-state index in [0.717, 1.165) is 25.7 Å². The van der Waals surface area contributed by atoms with Crippen LogP contribution in [-0.4, -0.2) is 17.0 Å². The molecule has 4 N–H and O–H groups in total. The van der Waals surface area contributed by atoms with E-state index in [-0.39, 0.29) is 17.7 Å². The summed E-state index contributed by atoms with van der Waals surface area (Å²) in [6.07, 6.45) is 5.32. The molecule has 19 heavy (non-hydrogen) atoms. The van der Waals surface area contributed by atoms with E-state index in [1.165, 1.54) is 6.42 Å². The third-order valence-electron chi connectivity index (χ3n) is 3.54. The van der Waals surface area contributed by atoms with E-state index in [0.29, 0.717) is 11.3 Å². The fourth-order valence-electron chi connectivity index (χ4n) is 2.47. The van der Waals surface area contributed by atoms with Gasteiger partial charge in [0.15, 0.2) is 5.84 Å². The van der Waals surface area contributed by atoms with E-state index in [1.807, 2.05) is 6.07 Å². The van der Waals surface area contributed by atoms with Crippen molar-refractivity contribution < 1.29 is 10.0 Å². The average molecular weight is 261 g/mol. The number of carbonyl (C=O) groups excluding carboxylic acids is 1. The minimum atomic E-state index is -0.000422. The maximum atomic E-state index is 12.2. The molecule has 0 heterocycles. The molecule has 1 aliphatic carbocycles. The van der Waals surface area contributed by atoms with E-state index in [4.69, 9.17) is 10.9 Å². The number of para-hydroxylation sites is 1. The maximum Gasteiger partial charge on any atom is 0.227 e. The largest absolute Gasteiger partial charge is 0.409 e. The summed E-state index contributed by atoms with van der Waals surface area (Å²) in [7, 11) is 0. The Kier molecular flexibility index (Phi) is 4.39. The predicted octanol–water partition coefficient (Wildman–Crippen LogP) is 2.30. The van der Waals surface area contributed by atoms with Gasteiger partial charge in [-0.2, -0.15) is 0 Å². The van der Waals surface area contributed by atoms with Gasteiger partial charge < -0.3 is 16.3 Å². The molecule has 1 aliphatic rings. The van der Waals surface area contributed by atoms with Crippen LogP contribution in [-0.2, 0) is 4.79 Å². The van der Waals surface area contributed by atoms with Crippen LogP contribution in [0.25, 0.3) is 0 Å². The van der Waals surface area contributed by atoms with Gasteiger partial charge in [-0.1, -0.05) is 36.6 Å². The second kappa shape index (κ2) is 6.22. The zero-order valence-corrected chi connectivity index (χ0v) is 10.8. The Labute approximate surface area is 112 Å². The van der Waals surface area contributed by atoms with Crippen molar-refractivity contribution in [3.05, 3.63) is 29.8 Å². The lowest BCUT2D eigenvalue weighted by Gasteiger charge is -2.21. The smallest absolute Gasteiger partial charge is 0.227 e. The number of nitrogens with one attached hydrogen (secondary N) is 1. The first kappa shape index (κ1) is 13.4. The number of nitrogens with two attached hydrogens (primary N) is 1. The van der Waals surface area contributed by atoms with Crippen LogP contribution in [0, 0.1) is 5.92 Å². The highest BCUT2D eigenvalue weighted by Gasteiger charge is 2.21. The van der Waals surface area contributed by atoms with Gasteiger partial charge in [0.25, 0.3) is 0 Å². The van der Waals surface area contributed by atoms with Gasteiger partial charge >= 0.3 is 0 Å². The predicted molar refractivity (Wildman–Crippen MR) is 74.2 cm³/mol. The molecule has 1 fully saturated rings. The first-order chi connectivity index (χ1) is 9.22. The number of benzene rings is 1. The normalized spacial score (nSPS) is 17.2. The second-order valence-electron chi connectivity index (χ2n) is 4.86. The maximum absolute atomic E-state index is 12.2. The van der Waals surface area contributed by atoms with Crippen molar-refractivity contribution in [2.75, 3.05) is 5.32 Å². The van der Waals surface area contributed by atoms with Gasteiger partial charge in [-0.15, -0.1) is 0 Å². The summed E-state index contributed by atoms with van der Waals surface area (Å²) < 4.78 is 0. The van der Waals surface area contributed by atoms with E-state index < -0.39 is 0 Å². The molecule has 0 atom stereocenters. The molecule has 0 unspecified atom stereocenters. The molecular weight excluding hydrogens is 242 g/mol. The lowest BCUT2D eigenvalue weighted by Crippen LogP contribution is -2.26. The van der Waals surface area contributed by atoms with Gasteiger partial charge in [0.1, 0.15) is 0 Å². The third-order valence-corrected chi connectivity index (χ3v) is 3.54. The van der Waals surface area contributed by atoms with Crippen LogP contribution < -0.4 is 11.1 Å². The number of oxime groups is 1. The van der Waals surface area contributed by atoms with Crippen LogP contribution in [0.15, 0.2) is 29.4 Å². The molecule has 2 rings (SSSR count). The van der Waals surface area contributed by atoms with E-state index in [2.05, 4.69) is 10.5 Å². The number of carbonyl (C=O) groups is 1. The molecule has 1 amide bonds. The van der Waals surface area contributed by atoms with Crippen LogP contribution in [0.2, 0.25) is 0 Å². The SMILES string of the molecule is N/C(=N/O)c1ccccc1NC(=O)C1CCCCC1. The van der Waals surface area contributed by atoms with Crippen molar-refractivity contribution in [3.8, 4) is 0 Å². The minimum Gasteiger partial charge on any atom is -0.409 e. The Morgan fingerprint density at radius 3 is 2.63 bits per heavy atom. The summed E-state index contributed by atoms with van der Waals surface area (Å²) >= 11 is 0. The average Bonchev–Trinajstić information content (AvgIpc) is 2.48. The first-order valence-corrected chi connectivity index (χ1v) is 6.60. The minimum absolute atomic E-state index is 0.000422. The van der Waals surface area contributed by atoms with Crippen molar-refractivity contribution in [3.63, 3.8) is 0 Å². The molecule has 1 aromatic rings. The van der Waals surface area contributed by atoms with Gasteiger partial charge in [0.2, 0.25) is 5.91 Å². The Morgan fingerprint density at radius 1 is 1.26 bits per heavy atom. The summed E-state index contributed by atoms with van der Waals surface area (Å²) in [5.74, 6) is 0.103. The Morgan fingerprint density at radius 2 is 1.95 bits per heavy atom. The fraction of sp³-hybridized carbons (Fsp3) is 0.429. The van der Waals surface area contributed by atoms with Crippen LogP contribution in [0.4, 0.5) is 5.69 Å². The molecule has 102 valence electrons. The van der Waals surface area contributed by atoms with Gasteiger partial charge in [-0.3, -0.25) is 4.79 Å². The molecule has 5 nitrogen and oxygen atoms in total.